The fraction of sp³-hybridized carbons (Fsp3) is 0.440. The highest BCUT2D eigenvalue weighted by Gasteiger charge is 2.24. The second-order valence-corrected chi connectivity index (χ2v) is 9.18. The standard InChI is InChI=1S/C25H32Si/c1-7-8-9-12-21-15-24(23-14-11-10-13-22(21)23)26-25-19(5)17(3)16(2)18(4)20(25)6/h10-11,13-15,21H,7-9,12H2,1-6H3. The molecular formula is C25H32Si. The summed E-state index contributed by atoms with van der Waals surface area (Å²) in [6.07, 6.45) is 7.86. The van der Waals surface area contributed by atoms with E-state index in [1.165, 1.54) is 59.1 Å². The van der Waals surface area contributed by atoms with E-state index in [0.29, 0.717) is 5.92 Å². The summed E-state index contributed by atoms with van der Waals surface area (Å²) in [6.45, 7) is 13.8. The van der Waals surface area contributed by atoms with Gasteiger partial charge in [0.05, 0.1) is 0 Å². The lowest BCUT2D eigenvalue weighted by Gasteiger charge is -2.19. The monoisotopic (exact) mass is 360 g/mol. The Morgan fingerprint density at radius 2 is 1.42 bits per heavy atom. The van der Waals surface area contributed by atoms with Crippen molar-refractivity contribution in [2.24, 2.45) is 0 Å². The molecule has 136 valence electrons. The summed E-state index contributed by atoms with van der Waals surface area (Å²) in [4.78, 5) is 0. The van der Waals surface area contributed by atoms with Gasteiger partial charge in [-0.15, -0.1) is 0 Å². The Morgan fingerprint density at radius 1 is 0.808 bits per heavy atom. The van der Waals surface area contributed by atoms with E-state index >= 15 is 0 Å². The summed E-state index contributed by atoms with van der Waals surface area (Å²) in [5.74, 6) is 0.619. The van der Waals surface area contributed by atoms with Gasteiger partial charge in [-0.1, -0.05) is 66.9 Å². The molecule has 1 heteroatoms. The molecule has 26 heavy (non-hydrogen) atoms. The van der Waals surface area contributed by atoms with Gasteiger partial charge in [-0.05, 0) is 80.0 Å². The third-order valence-corrected chi connectivity index (χ3v) is 8.10. The van der Waals surface area contributed by atoms with Crippen LogP contribution in [0.5, 0.6) is 0 Å². The molecule has 0 N–H and O–H groups in total. The van der Waals surface area contributed by atoms with Gasteiger partial charge in [-0.3, -0.25) is 0 Å². The Kier molecular flexibility index (Phi) is 5.87. The van der Waals surface area contributed by atoms with Crippen molar-refractivity contribution in [3.05, 3.63) is 69.3 Å². The first-order valence-electron chi connectivity index (χ1n) is 10.1. The van der Waals surface area contributed by atoms with E-state index in [0.717, 1.165) is 9.52 Å². The second-order valence-electron chi connectivity index (χ2n) is 7.89. The van der Waals surface area contributed by atoms with Gasteiger partial charge in [-0.2, -0.15) is 0 Å². The van der Waals surface area contributed by atoms with Crippen molar-refractivity contribution < 1.29 is 0 Å². The fourth-order valence-corrected chi connectivity index (χ4v) is 5.90. The minimum absolute atomic E-state index is 0.619. The molecule has 0 aromatic heterocycles. The molecule has 0 amide bonds. The molecule has 3 rings (SSSR count). The average Bonchev–Trinajstić information content (AvgIpc) is 3.00. The van der Waals surface area contributed by atoms with Crippen molar-refractivity contribution in [1.82, 2.24) is 0 Å². The summed E-state index contributed by atoms with van der Waals surface area (Å²) in [7, 11) is 0.764. The van der Waals surface area contributed by atoms with E-state index in [2.05, 4.69) is 71.9 Å². The van der Waals surface area contributed by atoms with Crippen LogP contribution in [-0.2, 0) is 0 Å². The molecule has 2 radical (unpaired) electrons. The zero-order valence-corrected chi connectivity index (χ0v) is 18.3. The van der Waals surface area contributed by atoms with E-state index < -0.39 is 0 Å². The van der Waals surface area contributed by atoms with Crippen molar-refractivity contribution in [1.29, 1.82) is 0 Å². The molecule has 0 saturated heterocycles. The van der Waals surface area contributed by atoms with Crippen LogP contribution in [0, 0.1) is 34.6 Å². The smallest absolute Gasteiger partial charge is 0.0772 e. The molecule has 0 bridgehead atoms. The number of unbranched alkanes of at least 4 members (excludes halogenated alkanes) is 2. The largest absolute Gasteiger partial charge is 0.122 e. The number of hydrogen-bond acceptors (Lipinski definition) is 0. The van der Waals surface area contributed by atoms with Crippen molar-refractivity contribution in [2.75, 3.05) is 0 Å². The highest BCUT2D eigenvalue weighted by atomic mass is 28.2. The lowest BCUT2D eigenvalue weighted by molar-refractivity contribution is 0.632. The van der Waals surface area contributed by atoms with E-state index in [1.54, 1.807) is 15.9 Å². The summed E-state index contributed by atoms with van der Waals surface area (Å²) >= 11 is 0. The van der Waals surface area contributed by atoms with Gasteiger partial charge in [0.15, 0.2) is 0 Å². The topological polar surface area (TPSA) is 0 Å². The molecule has 1 aliphatic rings. The fourth-order valence-electron chi connectivity index (χ4n) is 4.23. The van der Waals surface area contributed by atoms with Crippen molar-refractivity contribution in [3.8, 4) is 0 Å². The quantitative estimate of drug-likeness (QED) is 0.420. The average molecular weight is 361 g/mol. The molecular weight excluding hydrogens is 328 g/mol. The lowest BCUT2D eigenvalue weighted by Crippen LogP contribution is -2.25. The van der Waals surface area contributed by atoms with Crippen molar-refractivity contribution >= 4 is 19.9 Å². The number of hydrogen-bond donors (Lipinski definition) is 0. The first-order chi connectivity index (χ1) is 12.5. The van der Waals surface area contributed by atoms with Gasteiger partial charge in [0.2, 0.25) is 0 Å². The van der Waals surface area contributed by atoms with Crippen LogP contribution in [0.4, 0.5) is 0 Å². The summed E-state index contributed by atoms with van der Waals surface area (Å²) in [6, 6.07) is 9.11. The molecule has 1 atom stereocenters. The predicted molar refractivity (Wildman–Crippen MR) is 117 cm³/mol. The SMILES string of the molecule is CCCCCC1C=C([Si]c2c(C)c(C)c(C)c(C)c2C)c2ccccc21. The maximum atomic E-state index is 2.59. The van der Waals surface area contributed by atoms with E-state index in [4.69, 9.17) is 0 Å². The number of benzene rings is 2. The Labute approximate surface area is 162 Å². The molecule has 1 aliphatic carbocycles. The zero-order valence-electron chi connectivity index (χ0n) is 17.3. The van der Waals surface area contributed by atoms with Crippen LogP contribution in [0.15, 0.2) is 30.3 Å². The summed E-state index contributed by atoms with van der Waals surface area (Å²) < 4.78 is 0. The molecule has 1 unspecified atom stereocenters. The van der Waals surface area contributed by atoms with Crippen LogP contribution >= 0.6 is 0 Å². The molecule has 0 saturated carbocycles. The number of allylic oxidation sites excluding steroid dienone is 1. The summed E-state index contributed by atoms with van der Waals surface area (Å²) in [5, 5.41) is 3.14. The van der Waals surface area contributed by atoms with Gasteiger partial charge in [0.1, 0.15) is 9.52 Å². The normalized spacial score (nSPS) is 15.9. The Hall–Kier alpha value is -1.60. The summed E-state index contributed by atoms with van der Waals surface area (Å²) in [5.41, 5.74) is 10.5. The first-order valence-corrected chi connectivity index (χ1v) is 11.1. The van der Waals surface area contributed by atoms with E-state index in [9.17, 15) is 0 Å². The molecule has 0 heterocycles. The molecule has 0 spiro atoms. The number of fused-ring (bicyclic) bond motifs is 1. The minimum atomic E-state index is 0.619. The minimum Gasteiger partial charge on any atom is -0.0772 e. The van der Waals surface area contributed by atoms with Crippen molar-refractivity contribution in [3.63, 3.8) is 0 Å². The van der Waals surface area contributed by atoms with Crippen LogP contribution in [-0.4, -0.2) is 9.52 Å². The Morgan fingerprint density at radius 3 is 2.08 bits per heavy atom. The Bertz CT molecular complexity index is 812. The molecule has 2 aromatic carbocycles. The maximum absolute atomic E-state index is 2.59. The zero-order chi connectivity index (χ0) is 18.8. The number of rotatable bonds is 6. The lowest BCUT2D eigenvalue weighted by atomic mass is 9.95. The van der Waals surface area contributed by atoms with E-state index in [-0.39, 0.29) is 0 Å². The second kappa shape index (κ2) is 7.96. The molecule has 0 fully saturated rings. The van der Waals surface area contributed by atoms with Gasteiger partial charge < -0.3 is 0 Å². The van der Waals surface area contributed by atoms with Gasteiger partial charge in [0, 0.05) is 5.92 Å². The van der Waals surface area contributed by atoms with Crippen LogP contribution in [0.2, 0.25) is 0 Å². The molecule has 2 aromatic rings. The van der Waals surface area contributed by atoms with Crippen LogP contribution in [0.25, 0.3) is 5.20 Å². The molecule has 0 aliphatic heterocycles. The highest BCUT2D eigenvalue weighted by Crippen LogP contribution is 2.38. The Balaban J connectivity index is 1.96. The third-order valence-electron chi connectivity index (χ3n) is 6.40. The van der Waals surface area contributed by atoms with Gasteiger partial charge in [-0.25, -0.2) is 0 Å². The van der Waals surface area contributed by atoms with Crippen molar-refractivity contribution in [2.45, 2.75) is 73.1 Å². The first kappa shape index (κ1) is 19.2. The third kappa shape index (κ3) is 3.47. The predicted octanol–water partition coefficient (Wildman–Crippen LogP) is 6.28. The van der Waals surface area contributed by atoms with E-state index in [1.807, 2.05) is 0 Å². The van der Waals surface area contributed by atoms with Gasteiger partial charge in [0.25, 0.3) is 0 Å². The van der Waals surface area contributed by atoms with Crippen LogP contribution in [0.3, 0.4) is 0 Å². The highest BCUT2D eigenvalue weighted by molar-refractivity contribution is 6.74. The van der Waals surface area contributed by atoms with Gasteiger partial charge >= 0.3 is 0 Å². The maximum Gasteiger partial charge on any atom is 0.122 e. The van der Waals surface area contributed by atoms with Crippen LogP contribution < -0.4 is 5.19 Å². The molecule has 0 nitrogen and oxygen atoms in total. The van der Waals surface area contributed by atoms with Crippen LogP contribution in [0.1, 0.15) is 77.5 Å².